The van der Waals surface area contributed by atoms with Gasteiger partial charge in [-0.05, 0) is 54.7 Å². The predicted molar refractivity (Wildman–Crippen MR) is 131 cm³/mol. The Labute approximate surface area is 202 Å². The summed E-state index contributed by atoms with van der Waals surface area (Å²) in [6, 6.07) is 8.94. The van der Waals surface area contributed by atoms with E-state index in [4.69, 9.17) is 26.1 Å². The SMILES string of the molecule is COc1cc(/C=C2\SC(=S)N(Cc3ccco3)C2=O)ccc1OCC(=O)N1CCC(C)CC1. The zero-order chi connectivity index (χ0) is 23.4. The molecule has 2 fully saturated rings. The molecule has 7 nitrogen and oxygen atoms in total. The summed E-state index contributed by atoms with van der Waals surface area (Å²) in [6.07, 6.45) is 5.39. The predicted octanol–water partition coefficient (Wildman–Crippen LogP) is 4.33. The molecular formula is C24H26N2O5S2. The van der Waals surface area contributed by atoms with E-state index in [2.05, 4.69) is 6.92 Å². The van der Waals surface area contributed by atoms with Gasteiger partial charge in [0.15, 0.2) is 18.1 Å². The second kappa shape index (κ2) is 10.4. The molecule has 33 heavy (non-hydrogen) atoms. The van der Waals surface area contributed by atoms with Crippen LogP contribution in [0.2, 0.25) is 0 Å². The number of amides is 2. The van der Waals surface area contributed by atoms with Crippen molar-refractivity contribution in [3.63, 3.8) is 0 Å². The molecule has 2 aromatic rings. The first-order valence-electron chi connectivity index (χ1n) is 10.8. The first kappa shape index (κ1) is 23.4. The van der Waals surface area contributed by atoms with Crippen molar-refractivity contribution in [1.29, 1.82) is 0 Å². The van der Waals surface area contributed by atoms with Crippen LogP contribution in [0, 0.1) is 5.92 Å². The number of methoxy groups -OCH3 is 1. The molecule has 0 unspecified atom stereocenters. The highest BCUT2D eigenvalue weighted by Gasteiger charge is 2.32. The van der Waals surface area contributed by atoms with Crippen molar-refractivity contribution in [3.05, 3.63) is 52.8 Å². The molecule has 3 heterocycles. The van der Waals surface area contributed by atoms with Gasteiger partial charge in [0.2, 0.25) is 0 Å². The Balaban J connectivity index is 1.41. The van der Waals surface area contributed by atoms with Gasteiger partial charge in [-0.25, -0.2) is 0 Å². The van der Waals surface area contributed by atoms with Crippen molar-refractivity contribution in [2.75, 3.05) is 26.8 Å². The Morgan fingerprint density at radius 3 is 2.76 bits per heavy atom. The first-order valence-corrected chi connectivity index (χ1v) is 12.0. The number of carbonyl (C=O) groups is 2. The maximum Gasteiger partial charge on any atom is 0.266 e. The number of hydrogen-bond donors (Lipinski definition) is 0. The molecule has 9 heteroatoms. The third-order valence-corrected chi connectivity index (χ3v) is 7.12. The molecule has 2 aliphatic rings. The molecule has 0 N–H and O–H groups in total. The summed E-state index contributed by atoms with van der Waals surface area (Å²) in [6.45, 7) is 4.03. The molecular weight excluding hydrogens is 460 g/mol. The Morgan fingerprint density at radius 1 is 1.27 bits per heavy atom. The Hall–Kier alpha value is -2.78. The Morgan fingerprint density at radius 2 is 2.06 bits per heavy atom. The lowest BCUT2D eigenvalue weighted by Crippen LogP contribution is -2.40. The average Bonchev–Trinajstić information content (AvgIpc) is 3.42. The molecule has 0 saturated carbocycles. The number of rotatable bonds is 7. The zero-order valence-corrected chi connectivity index (χ0v) is 20.2. The summed E-state index contributed by atoms with van der Waals surface area (Å²) in [5, 5.41) is 0. The molecule has 174 valence electrons. The lowest BCUT2D eigenvalue weighted by molar-refractivity contribution is -0.134. The van der Waals surface area contributed by atoms with Gasteiger partial charge < -0.3 is 18.8 Å². The van der Waals surface area contributed by atoms with Gasteiger partial charge in [-0.2, -0.15) is 0 Å². The third-order valence-electron chi connectivity index (χ3n) is 5.74. The van der Waals surface area contributed by atoms with E-state index in [1.165, 1.54) is 16.7 Å². The van der Waals surface area contributed by atoms with E-state index in [-0.39, 0.29) is 18.4 Å². The van der Waals surface area contributed by atoms with Crippen LogP contribution >= 0.6 is 24.0 Å². The standard InChI is InChI=1S/C24H26N2O5S2/c1-16-7-9-25(10-8-16)22(27)15-31-19-6-5-17(12-20(19)29-2)13-21-23(28)26(24(32)33-21)14-18-4-3-11-30-18/h3-6,11-13,16H,7-10,14-15H2,1-2H3/b21-13-. The molecule has 0 atom stereocenters. The van der Waals surface area contributed by atoms with E-state index in [1.54, 1.807) is 37.6 Å². The molecule has 2 saturated heterocycles. The van der Waals surface area contributed by atoms with Crippen LogP contribution in [0.25, 0.3) is 6.08 Å². The van der Waals surface area contributed by atoms with Gasteiger partial charge in [-0.15, -0.1) is 0 Å². The van der Waals surface area contributed by atoms with Crippen molar-refractivity contribution in [3.8, 4) is 11.5 Å². The van der Waals surface area contributed by atoms with Gasteiger partial charge in [0.1, 0.15) is 10.1 Å². The van der Waals surface area contributed by atoms with E-state index in [0.717, 1.165) is 31.5 Å². The number of benzene rings is 1. The van der Waals surface area contributed by atoms with Gasteiger partial charge in [0.05, 0.1) is 24.8 Å². The number of thiocarbonyl (C=S) groups is 1. The largest absolute Gasteiger partial charge is 0.493 e. The van der Waals surface area contributed by atoms with Gasteiger partial charge in [-0.3, -0.25) is 14.5 Å². The minimum atomic E-state index is -0.165. The van der Waals surface area contributed by atoms with Crippen LogP contribution in [-0.2, 0) is 16.1 Å². The topological polar surface area (TPSA) is 72.2 Å². The lowest BCUT2D eigenvalue weighted by atomic mass is 9.99. The van der Waals surface area contributed by atoms with E-state index in [0.29, 0.717) is 38.9 Å². The number of furan rings is 1. The average molecular weight is 487 g/mol. The molecule has 1 aromatic heterocycles. The Kier molecular flexibility index (Phi) is 7.39. The van der Waals surface area contributed by atoms with Crippen LogP contribution in [0.15, 0.2) is 45.9 Å². The Bertz CT molecular complexity index is 1060. The van der Waals surface area contributed by atoms with Gasteiger partial charge >= 0.3 is 0 Å². The maximum atomic E-state index is 12.8. The van der Waals surface area contributed by atoms with Crippen molar-refractivity contribution in [2.45, 2.75) is 26.3 Å². The monoisotopic (exact) mass is 486 g/mol. The summed E-state index contributed by atoms with van der Waals surface area (Å²) in [4.78, 5) is 29.2. The zero-order valence-electron chi connectivity index (χ0n) is 18.6. The third kappa shape index (κ3) is 5.59. The van der Waals surface area contributed by atoms with Gasteiger partial charge in [0.25, 0.3) is 11.8 Å². The normalized spacial score (nSPS) is 18.3. The lowest BCUT2D eigenvalue weighted by Gasteiger charge is -2.30. The molecule has 0 aliphatic carbocycles. The van der Waals surface area contributed by atoms with Crippen molar-refractivity contribution >= 4 is 46.2 Å². The van der Waals surface area contributed by atoms with Gasteiger partial charge in [-0.1, -0.05) is 37.0 Å². The molecule has 2 aliphatic heterocycles. The number of hydrogen-bond acceptors (Lipinski definition) is 7. The van der Waals surface area contributed by atoms with Crippen LogP contribution in [0.4, 0.5) is 0 Å². The van der Waals surface area contributed by atoms with Crippen LogP contribution in [0.3, 0.4) is 0 Å². The van der Waals surface area contributed by atoms with Crippen LogP contribution in [0.1, 0.15) is 31.1 Å². The number of thioether (sulfide) groups is 1. The summed E-state index contributed by atoms with van der Waals surface area (Å²) in [7, 11) is 1.54. The number of nitrogens with zero attached hydrogens (tertiary/aromatic N) is 2. The van der Waals surface area contributed by atoms with E-state index >= 15 is 0 Å². The highest BCUT2D eigenvalue weighted by atomic mass is 32.2. The summed E-state index contributed by atoms with van der Waals surface area (Å²) < 4.78 is 17.0. The second-order valence-electron chi connectivity index (χ2n) is 8.11. The number of ether oxygens (including phenoxy) is 2. The fourth-order valence-electron chi connectivity index (χ4n) is 3.73. The minimum Gasteiger partial charge on any atom is -0.493 e. The molecule has 0 radical (unpaired) electrons. The molecule has 0 bridgehead atoms. The molecule has 4 rings (SSSR count). The minimum absolute atomic E-state index is 0.0201. The number of carbonyl (C=O) groups excluding carboxylic acids is 2. The van der Waals surface area contributed by atoms with E-state index in [1.807, 2.05) is 17.0 Å². The first-order chi connectivity index (χ1) is 15.9. The fraction of sp³-hybridized carbons (Fsp3) is 0.375. The van der Waals surface area contributed by atoms with Crippen LogP contribution in [-0.4, -0.2) is 52.7 Å². The smallest absolute Gasteiger partial charge is 0.266 e. The van der Waals surface area contributed by atoms with E-state index in [9.17, 15) is 9.59 Å². The van der Waals surface area contributed by atoms with Gasteiger partial charge in [0, 0.05) is 13.1 Å². The fourth-order valence-corrected chi connectivity index (χ4v) is 4.98. The van der Waals surface area contributed by atoms with Crippen LogP contribution in [0.5, 0.6) is 11.5 Å². The number of piperidine rings is 1. The molecule has 1 aromatic carbocycles. The quantitative estimate of drug-likeness (QED) is 0.426. The van der Waals surface area contributed by atoms with Crippen molar-refractivity contribution < 1.29 is 23.5 Å². The summed E-state index contributed by atoms with van der Waals surface area (Å²) in [5.41, 5.74) is 0.772. The summed E-state index contributed by atoms with van der Waals surface area (Å²) >= 11 is 6.63. The van der Waals surface area contributed by atoms with Crippen molar-refractivity contribution in [2.24, 2.45) is 5.92 Å². The maximum absolute atomic E-state index is 12.8. The second-order valence-corrected chi connectivity index (χ2v) is 9.79. The number of likely N-dealkylation sites (tertiary alicyclic amines) is 1. The highest BCUT2D eigenvalue weighted by Crippen LogP contribution is 2.35. The van der Waals surface area contributed by atoms with Crippen LogP contribution < -0.4 is 9.47 Å². The molecule has 2 amide bonds. The van der Waals surface area contributed by atoms with E-state index < -0.39 is 0 Å². The highest BCUT2D eigenvalue weighted by molar-refractivity contribution is 8.26. The van der Waals surface area contributed by atoms with Crippen molar-refractivity contribution in [1.82, 2.24) is 9.80 Å². The summed E-state index contributed by atoms with van der Waals surface area (Å²) in [5.74, 6) is 2.13. The molecule has 0 spiro atoms.